The second-order valence-corrected chi connectivity index (χ2v) is 8.08. The molecule has 1 N–H and O–H groups in total. The van der Waals surface area contributed by atoms with Crippen molar-refractivity contribution in [3.63, 3.8) is 0 Å². The zero-order valence-corrected chi connectivity index (χ0v) is 14.4. The van der Waals surface area contributed by atoms with Gasteiger partial charge < -0.3 is 5.32 Å². The molecular formula is C17H26ClNS. The summed E-state index contributed by atoms with van der Waals surface area (Å²) >= 11 is 8.22. The van der Waals surface area contributed by atoms with Crippen molar-refractivity contribution in [2.24, 2.45) is 5.92 Å². The molecule has 0 aromatic heterocycles. The third-order valence-corrected chi connectivity index (χ3v) is 5.55. The van der Waals surface area contributed by atoms with E-state index in [0.29, 0.717) is 6.04 Å². The van der Waals surface area contributed by atoms with Crippen molar-refractivity contribution < 1.29 is 0 Å². The summed E-state index contributed by atoms with van der Waals surface area (Å²) in [5, 5.41) is 5.12. The number of benzene rings is 1. The summed E-state index contributed by atoms with van der Waals surface area (Å²) in [5.41, 5.74) is 1.34. The maximum absolute atomic E-state index is 6.16. The van der Waals surface area contributed by atoms with Crippen LogP contribution in [0, 0.1) is 5.92 Å². The Hall–Kier alpha value is -0.180. The number of nitrogens with one attached hydrogen (secondary N) is 1. The lowest BCUT2D eigenvalue weighted by Crippen LogP contribution is -2.22. The van der Waals surface area contributed by atoms with E-state index >= 15 is 0 Å². The summed E-state index contributed by atoms with van der Waals surface area (Å²) in [6, 6.07) is 6.84. The van der Waals surface area contributed by atoms with Crippen LogP contribution in [0.3, 0.4) is 0 Å². The highest BCUT2D eigenvalue weighted by molar-refractivity contribution is 8.00. The van der Waals surface area contributed by atoms with Crippen molar-refractivity contribution in [1.82, 2.24) is 5.32 Å². The fourth-order valence-electron chi connectivity index (χ4n) is 2.78. The van der Waals surface area contributed by atoms with Gasteiger partial charge in [-0.2, -0.15) is 0 Å². The second-order valence-electron chi connectivity index (χ2n) is 6.30. The molecule has 20 heavy (non-hydrogen) atoms. The molecule has 1 nitrogen and oxygen atoms in total. The van der Waals surface area contributed by atoms with Gasteiger partial charge in [0.05, 0.1) is 0 Å². The average Bonchev–Trinajstić information content (AvgIpc) is 2.39. The van der Waals surface area contributed by atoms with Gasteiger partial charge in [-0.15, -0.1) is 11.8 Å². The first kappa shape index (κ1) is 16.2. The predicted molar refractivity (Wildman–Crippen MR) is 90.7 cm³/mol. The van der Waals surface area contributed by atoms with Crippen molar-refractivity contribution in [2.75, 3.05) is 0 Å². The first-order valence-electron chi connectivity index (χ1n) is 7.73. The molecule has 0 radical (unpaired) electrons. The van der Waals surface area contributed by atoms with Gasteiger partial charge >= 0.3 is 0 Å². The Morgan fingerprint density at radius 1 is 1.35 bits per heavy atom. The first-order chi connectivity index (χ1) is 9.54. The Labute approximate surface area is 132 Å². The third-order valence-electron chi connectivity index (χ3n) is 3.91. The highest BCUT2D eigenvalue weighted by Crippen LogP contribution is 2.38. The molecule has 1 aliphatic rings. The largest absolute Gasteiger partial charge is 0.310 e. The molecule has 1 aromatic carbocycles. The average molecular weight is 312 g/mol. The molecule has 1 fully saturated rings. The molecule has 0 aliphatic heterocycles. The van der Waals surface area contributed by atoms with E-state index in [1.807, 2.05) is 6.07 Å². The van der Waals surface area contributed by atoms with Crippen LogP contribution in [-0.4, -0.2) is 11.3 Å². The van der Waals surface area contributed by atoms with Crippen LogP contribution in [0.15, 0.2) is 23.1 Å². The van der Waals surface area contributed by atoms with E-state index in [1.54, 1.807) is 0 Å². The van der Waals surface area contributed by atoms with Gasteiger partial charge in [-0.3, -0.25) is 0 Å². The molecule has 2 rings (SSSR count). The number of thioether (sulfide) groups is 1. The Morgan fingerprint density at radius 3 is 2.85 bits per heavy atom. The molecule has 2 atom stereocenters. The number of halogens is 1. The minimum absolute atomic E-state index is 0.501. The molecule has 112 valence electrons. The lowest BCUT2D eigenvalue weighted by Gasteiger charge is -2.27. The molecule has 3 heteroatoms. The summed E-state index contributed by atoms with van der Waals surface area (Å²) in [4.78, 5) is 1.40. The van der Waals surface area contributed by atoms with Gasteiger partial charge in [-0.1, -0.05) is 45.2 Å². The summed E-state index contributed by atoms with van der Waals surface area (Å²) < 4.78 is 0. The molecule has 0 spiro atoms. The summed E-state index contributed by atoms with van der Waals surface area (Å²) in [6.07, 6.45) is 5.49. The molecule has 1 aromatic rings. The van der Waals surface area contributed by atoms with Crippen molar-refractivity contribution >= 4 is 23.4 Å². The smallest absolute Gasteiger partial charge is 0.0410 e. The molecule has 1 aliphatic carbocycles. The van der Waals surface area contributed by atoms with Crippen LogP contribution in [0.2, 0.25) is 5.02 Å². The minimum atomic E-state index is 0.501. The first-order valence-corrected chi connectivity index (χ1v) is 8.99. The quantitative estimate of drug-likeness (QED) is 0.769. The van der Waals surface area contributed by atoms with E-state index in [1.165, 1.54) is 36.1 Å². The van der Waals surface area contributed by atoms with E-state index in [9.17, 15) is 0 Å². The van der Waals surface area contributed by atoms with Crippen LogP contribution in [0.4, 0.5) is 0 Å². The van der Waals surface area contributed by atoms with Gasteiger partial charge in [0.2, 0.25) is 0 Å². The maximum Gasteiger partial charge on any atom is 0.0410 e. The second kappa shape index (κ2) is 7.72. The van der Waals surface area contributed by atoms with Crippen molar-refractivity contribution in [3.05, 3.63) is 28.8 Å². The van der Waals surface area contributed by atoms with Crippen LogP contribution in [0.1, 0.15) is 52.0 Å². The van der Waals surface area contributed by atoms with Crippen LogP contribution in [0.25, 0.3) is 0 Å². The molecule has 2 unspecified atom stereocenters. The monoisotopic (exact) mass is 311 g/mol. The fourth-order valence-corrected chi connectivity index (χ4v) is 4.47. The van der Waals surface area contributed by atoms with E-state index in [2.05, 4.69) is 50.0 Å². The van der Waals surface area contributed by atoms with E-state index < -0.39 is 0 Å². The highest BCUT2D eigenvalue weighted by atomic mass is 35.5. The zero-order chi connectivity index (χ0) is 14.5. The summed E-state index contributed by atoms with van der Waals surface area (Å²) in [6.45, 7) is 7.65. The van der Waals surface area contributed by atoms with Crippen molar-refractivity contribution in [2.45, 2.75) is 69.2 Å². The fraction of sp³-hybridized carbons (Fsp3) is 0.647. The summed E-state index contributed by atoms with van der Waals surface area (Å²) in [7, 11) is 0. The Morgan fingerprint density at radius 2 is 2.15 bits per heavy atom. The maximum atomic E-state index is 6.16. The lowest BCUT2D eigenvalue weighted by molar-refractivity contribution is 0.394. The van der Waals surface area contributed by atoms with Gasteiger partial charge in [0.15, 0.2) is 0 Å². The predicted octanol–water partition coefficient (Wildman–Crippen LogP) is 5.51. The van der Waals surface area contributed by atoms with Crippen molar-refractivity contribution in [1.29, 1.82) is 0 Å². The van der Waals surface area contributed by atoms with E-state index in [-0.39, 0.29) is 0 Å². The lowest BCUT2D eigenvalue weighted by atomic mass is 9.91. The minimum Gasteiger partial charge on any atom is -0.310 e. The third kappa shape index (κ3) is 4.98. The van der Waals surface area contributed by atoms with Crippen LogP contribution in [-0.2, 0) is 6.54 Å². The van der Waals surface area contributed by atoms with Crippen LogP contribution < -0.4 is 5.32 Å². The number of hydrogen-bond donors (Lipinski definition) is 1. The molecule has 0 saturated heterocycles. The van der Waals surface area contributed by atoms with Crippen molar-refractivity contribution in [3.8, 4) is 0 Å². The Bertz CT molecular complexity index is 433. The topological polar surface area (TPSA) is 12.0 Å². The van der Waals surface area contributed by atoms with Crippen LogP contribution in [0.5, 0.6) is 0 Å². The Balaban J connectivity index is 2.05. The van der Waals surface area contributed by atoms with Gasteiger partial charge in [-0.05, 0) is 42.5 Å². The number of hydrogen-bond acceptors (Lipinski definition) is 2. The normalized spacial score (nSPS) is 23.2. The highest BCUT2D eigenvalue weighted by Gasteiger charge is 2.20. The Kier molecular flexibility index (Phi) is 6.25. The van der Waals surface area contributed by atoms with Gasteiger partial charge in [0.1, 0.15) is 0 Å². The van der Waals surface area contributed by atoms with Gasteiger partial charge in [0.25, 0.3) is 0 Å². The van der Waals surface area contributed by atoms with Gasteiger partial charge in [-0.25, -0.2) is 0 Å². The number of rotatable bonds is 5. The summed E-state index contributed by atoms with van der Waals surface area (Å²) in [5.74, 6) is 0.880. The van der Waals surface area contributed by atoms with E-state index in [4.69, 9.17) is 11.6 Å². The molecule has 1 saturated carbocycles. The molecule has 0 bridgehead atoms. The zero-order valence-electron chi connectivity index (χ0n) is 12.8. The molecule has 0 heterocycles. The molecular weight excluding hydrogens is 286 g/mol. The van der Waals surface area contributed by atoms with E-state index in [0.717, 1.165) is 22.7 Å². The standard InChI is InChI=1S/C17H26ClNS/c1-12(2)19-11-14-10-15(18)7-8-17(14)20-16-6-4-5-13(3)9-16/h7-8,10,12-13,16,19H,4-6,9,11H2,1-3H3. The van der Waals surface area contributed by atoms with Gasteiger partial charge in [0, 0.05) is 27.8 Å². The van der Waals surface area contributed by atoms with Crippen LogP contribution >= 0.6 is 23.4 Å². The SMILES string of the molecule is CC1CCCC(Sc2ccc(Cl)cc2CNC(C)C)C1. The molecule has 0 amide bonds.